The van der Waals surface area contributed by atoms with Gasteiger partial charge in [0.25, 0.3) is 0 Å². The molecule has 0 radical (unpaired) electrons. The second-order valence-corrected chi connectivity index (χ2v) is 5.89. The summed E-state index contributed by atoms with van der Waals surface area (Å²) in [6, 6.07) is 8.99. The monoisotopic (exact) mass is 338 g/mol. The molecule has 0 unspecified atom stereocenters. The summed E-state index contributed by atoms with van der Waals surface area (Å²) in [7, 11) is 0. The standard InChI is InChI=1S/C15H16BrFN2O/c16-12-7-14(20-10-12)9-19-6-5-18-8-15(19)11-1-3-13(17)4-2-11/h1-4,7,10,15,18H,5-6,8-9H2/t15-/m1/s1. The normalized spacial score (nSPS) is 20.2. The first kappa shape index (κ1) is 13.8. The molecule has 0 aliphatic carbocycles. The fourth-order valence-corrected chi connectivity index (χ4v) is 2.93. The zero-order valence-corrected chi connectivity index (χ0v) is 12.6. The van der Waals surface area contributed by atoms with Gasteiger partial charge in [-0.15, -0.1) is 0 Å². The molecule has 2 aromatic rings. The van der Waals surface area contributed by atoms with Gasteiger partial charge < -0.3 is 9.73 Å². The molecular weight excluding hydrogens is 323 g/mol. The van der Waals surface area contributed by atoms with Crippen LogP contribution in [0.2, 0.25) is 0 Å². The third-order valence-corrected chi connectivity index (χ3v) is 4.01. The van der Waals surface area contributed by atoms with Crippen LogP contribution in [0, 0.1) is 5.82 Å². The van der Waals surface area contributed by atoms with E-state index in [1.165, 1.54) is 12.1 Å². The molecule has 1 N–H and O–H groups in total. The fourth-order valence-electron chi connectivity index (χ4n) is 2.59. The molecule has 0 bridgehead atoms. The van der Waals surface area contributed by atoms with Crippen LogP contribution < -0.4 is 5.32 Å². The topological polar surface area (TPSA) is 28.4 Å². The third-order valence-electron chi connectivity index (χ3n) is 3.59. The van der Waals surface area contributed by atoms with Gasteiger partial charge in [0.05, 0.1) is 11.0 Å². The van der Waals surface area contributed by atoms with E-state index in [2.05, 4.69) is 26.1 Å². The van der Waals surface area contributed by atoms with E-state index in [-0.39, 0.29) is 11.9 Å². The van der Waals surface area contributed by atoms with E-state index in [1.54, 1.807) is 6.26 Å². The molecule has 20 heavy (non-hydrogen) atoms. The first-order valence-electron chi connectivity index (χ1n) is 6.65. The third kappa shape index (κ3) is 3.11. The van der Waals surface area contributed by atoms with E-state index < -0.39 is 0 Å². The second-order valence-electron chi connectivity index (χ2n) is 4.97. The smallest absolute Gasteiger partial charge is 0.123 e. The summed E-state index contributed by atoms with van der Waals surface area (Å²) in [6.45, 7) is 3.53. The van der Waals surface area contributed by atoms with Crippen LogP contribution in [0.15, 0.2) is 45.5 Å². The highest BCUT2D eigenvalue weighted by Crippen LogP contribution is 2.25. The number of hydrogen-bond acceptors (Lipinski definition) is 3. The number of piperazine rings is 1. The van der Waals surface area contributed by atoms with Crippen LogP contribution in [-0.2, 0) is 6.54 Å². The molecule has 1 saturated heterocycles. The molecule has 2 heterocycles. The van der Waals surface area contributed by atoms with Crippen LogP contribution in [0.5, 0.6) is 0 Å². The Labute approximate surface area is 125 Å². The lowest BCUT2D eigenvalue weighted by molar-refractivity contribution is 0.143. The van der Waals surface area contributed by atoms with Crippen LogP contribution in [0.25, 0.3) is 0 Å². The van der Waals surface area contributed by atoms with E-state index in [0.29, 0.717) is 0 Å². The van der Waals surface area contributed by atoms with Crippen LogP contribution in [0.4, 0.5) is 4.39 Å². The number of benzene rings is 1. The summed E-state index contributed by atoms with van der Waals surface area (Å²) in [5, 5.41) is 3.39. The Bertz CT molecular complexity index is 570. The van der Waals surface area contributed by atoms with Crippen molar-refractivity contribution >= 4 is 15.9 Å². The predicted molar refractivity (Wildman–Crippen MR) is 78.8 cm³/mol. The number of nitrogens with zero attached hydrogens (tertiary/aromatic N) is 1. The van der Waals surface area contributed by atoms with Gasteiger partial charge >= 0.3 is 0 Å². The molecular formula is C15H16BrFN2O. The van der Waals surface area contributed by atoms with Gasteiger partial charge in [-0.25, -0.2) is 4.39 Å². The largest absolute Gasteiger partial charge is 0.467 e. The molecule has 1 aromatic carbocycles. The molecule has 3 nitrogen and oxygen atoms in total. The maximum absolute atomic E-state index is 13.1. The molecule has 106 valence electrons. The SMILES string of the molecule is Fc1ccc([C@H]2CNCCN2Cc2cc(Br)co2)cc1. The van der Waals surface area contributed by atoms with Gasteiger partial charge in [0.2, 0.25) is 0 Å². The Hall–Kier alpha value is -1.17. The molecule has 1 aliphatic rings. The lowest BCUT2D eigenvalue weighted by atomic mass is 10.0. The highest BCUT2D eigenvalue weighted by molar-refractivity contribution is 9.10. The van der Waals surface area contributed by atoms with E-state index in [4.69, 9.17) is 4.42 Å². The van der Waals surface area contributed by atoms with Crippen molar-refractivity contribution in [2.24, 2.45) is 0 Å². The summed E-state index contributed by atoms with van der Waals surface area (Å²) in [5.74, 6) is 0.741. The van der Waals surface area contributed by atoms with Gasteiger partial charge in [-0.2, -0.15) is 0 Å². The summed E-state index contributed by atoms with van der Waals surface area (Å²) in [4.78, 5) is 2.36. The fraction of sp³-hybridized carbons (Fsp3) is 0.333. The van der Waals surface area contributed by atoms with Crippen molar-refractivity contribution in [1.82, 2.24) is 10.2 Å². The first-order chi connectivity index (χ1) is 9.72. The maximum atomic E-state index is 13.1. The first-order valence-corrected chi connectivity index (χ1v) is 7.45. The van der Waals surface area contributed by atoms with Crippen molar-refractivity contribution in [2.45, 2.75) is 12.6 Å². The number of rotatable bonds is 3. The second kappa shape index (κ2) is 6.08. The van der Waals surface area contributed by atoms with E-state index in [1.807, 2.05) is 18.2 Å². The number of hydrogen-bond donors (Lipinski definition) is 1. The molecule has 1 aliphatic heterocycles. The average Bonchev–Trinajstić information content (AvgIpc) is 2.86. The van der Waals surface area contributed by atoms with E-state index >= 15 is 0 Å². The van der Waals surface area contributed by atoms with Crippen molar-refractivity contribution in [1.29, 1.82) is 0 Å². The van der Waals surface area contributed by atoms with Gasteiger partial charge in [-0.3, -0.25) is 4.90 Å². The van der Waals surface area contributed by atoms with Gasteiger partial charge in [0.1, 0.15) is 17.8 Å². The van der Waals surface area contributed by atoms with Gasteiger partial charge in [0.15, 0.2) is 0 Å². The zero-order valence-electron chi connectivity index (χ0n) is 11.0. The Morgan fingerprint density at radius 1 is 1.35 bits per heavy atom. The van der Waals surface area contributed by atoms with Crippen molar-refractivity contribution in [3.63, 3.8) is 0 Å². The molecule has 1 aromatic heterocycles. The molecule has 0 saturated carbocycles. The highest BCUT2D eigenvalue weighted by Gasteiger charge is 2.24. The average molecular weight is 339 g/mol. The Morgan fingerprint density at radius 3 is 2.85 bits per heavy atom. The van der Waals surface area contributed by atoms with E-state index in [0.717, 1.165) is 42.0 Å². The number of furan rings is 1. The van der Waals surface area contributed by atoms with Gasteiger partial charge in [-0.05, 0) is 39.7 Å². The van der Waals surface area contributed by atoms with Crippen molar-refractivity contribution < 1.29 is 8.81 Å². The molecule has 3 rings (SSSR count). The van der Waals surface area contributed by atoms with Gasteiger partial charge in [0, 0.05) is 25.7 Å². The van der Waals surface area contributed by atoms with Crippen LogP contribution in [0.3, 0.4) is 0 Å². The van der Waals surface area contributed by atoms with Crippen molar-refractivity contribution in [2.75, 3.05) is 19.6 Å². The minimum Gasteiger partial charge on any atom is -0.467 e. The minimum atomic E-state index is -0.195. The summed E-state index contributed by atoms with van der Waals surface area (Å²) in [5.41, 5.74) is 1.13. The zero-order chi connectivity index (χ0) is 13.9. The predicted octanol–water partition coefficient (Wildman–Crippen LogP) is 3.33. The lowest BCUT2D eigenvalue weighted by Gasteiger charge is -2.36. The van der Waals surface area contributed by atoms with Crippen molar-refractivity contribution in [3.05, 3.63) is 58.2 Å². The summed E-state index contributed by atoms with van der Waals surface area (Å²) < 4.78 is 19.5. The molecule has 1 fully saturated rings. The minimum absolute atomic E-state index is 0.195. The quantitative estimate of drug-likeness (QED) is 0.930. The molecule has 5 heteroatoms. The number of halogens is 2. The highest BCUT2D eigenvalue weighted by atomic mass is 79.9. The van der Waals surface area contributed by atoms with Crippen LogP contribution >= 0.6 is 15.9 Å². The molecule has 0 amide bonds. The van der Waals surface area contributed by atoms with Gasteiger partial charge in [-0.1, -0.05) is 12.1 Å². The van der Waals surface area contributed by atoms with Crippen LogP contribution in [-0.4, -0.2) is 24.5 Å². The Kier molecular flexibility index (Phi) is 4.19. The maximum Gasteiger partial charge on any atom is 0.123 e. The Balaban J connectivity index is 1.78. The molecule has 1 atom stereocenters. The summed E-state index contributed by atoms with van der Waals surface area (Å²) in [6.07, 6.45) is 1.70. The van der Waals surface area contributed by atoms with Crippen LogP contribution in [0.1, 0.15) is 17.4 Å². The molecule has 0 spiro atoms. The lowest BCUT2D eigenvalue weighted by Crippen LogP contribution is -2.45. The Morgan fingerprint density at radius 2 is 2.15 bits per heavy atom. The summed E-state index contributed by atoms with van der Waals surface area (Å²) >= 11 is 3.40. The number of nitrogens with one attached hydrogen (secondary N) is 1. The van der Waals surface area contributed by atoms with E-state index in [9.17, 15) is 4.39 Å². The van der Waals surface area contributed by atoms with Crippen molar-refractivity contribution in [3.8, 4) is 0 Å².